The van der Waals surface area contributed by atoms with Crippen molar-refractivity contribution in [2.75, 3.05) is 26.3 Å². The van der Waals surface area contributed by atoms with Gasteiger partial charge in [0.05, 0.1) is 24.4 Å². The van der Waals surface area contributed by atoms with Crippen molar-refractivity contribution in [3.8, 4) is 0 Å². The summed E-state index contributed by atoms with van der Waals surface area (Å²) in [4.78, 5) is 14.3. The van der Waals surface area contributed by atoms with E-state index in [0.29, 0.717) is 19.6 Å². The number of amides is 2. The van der Waals surface area contributed by atoms with Gasteiger partial charge in [0.1, 0.15) is 0 Å². The Labute approximate surface area is 130 Å². The Morgan fingerprint density at radius 3 is 2.45 bits per heavy atom. The van der Waals surface area contributed by atoms with Crippen LogP contribution in [0.2, 0.25) is 0 Å². The zero-order chi connectivity index (χ0) is 15.2. The molecule has 1 aromatic rings. The maximum absolute atomic E-state index is 12.5. The third-order valence-corrected chi connectivity index (χ3v) is 4.17. The van der Waals surface area contributed by atoms with Crippen LogP contribution >= 0.6 is 0 Å². The molecule has 0 aromatic carbocycles. The molecule has 2 amide bonds. The zero-order valence-electron chi connectivity index (χ0n) is 12.8. The number of nitrogens with one attached hydrogen (secondary N) is 2. The van der Waals surface area contributed by atoms with Crippen LogP contribution in [0.4, 0.5) is 4.79 Å². The van der Waals surface area contributed by atoms with Gasteiger partial charge in [0.25, 0.3) is 0 Å². The van der Waals surface area contributed by atoms with Gasteiger partial charge in [-0.1, -0.05) is 0 Å². The van der Waals surface area contributed by atoms with Gasteiger partial charge in [-0.3, -0.25) is 5.10 Å². The van der Waals surface area contributed by atoms with E-state index in [4.69, 9.17) is 9.47 Å². The lowest BCUT2D eigenvalue weighted by Gasteiger charge is -2.27. The van der Waals surface area contributed by atoms with E-state index in [1.54, 1.807) is 6.20 Å². The molecule has 0 unspecified atom stereocenters. The van der Waals surface area contributed by atoms with Crippen molar-refractivity contribution in [2.24, 2.45) is 0 Å². The van der Waals surface area contributed by atoms with Crippen LogP contribution in [0.5, 0.6) is 0 Å². The monoisotopic (exact) mass is 308 g/mol. The fourth-order valence-corrected chi connectivity index (χ4v) is 2.97. The molecule has 0 radical (unpaired) electrons. The van der Waals surface area contributed by atoms with Gasteiger partial charge in [0, 0.05) is 32.5 Å². The number of urea groups is 1. The molecule has 2 aliphatic rings. The van der Waals surface area contributed by atoms with Crippen LogP contribution in [0.1, 0.15) is 31.4 Å². The zero-order valence-corrected chi connectivity index (χ0v) is 12.8. The number of hydrogen-bond donors (Lipinski definition) is 2. The minimum absolute atomic E-state index is 0.0689. The molecular formula is C15H24N4O3. The van der Waals surface area contributed by atoms with Gasteiger partial charge in [-0.15, -0.1) is 0 Å². The Bertz CT molecular complexity index is 435. The number of aromatic amines is 1. The quantitative estimate of drug-likeness (QED) is 0.829. The number of carbonyl (C=O) groups excluding carboxylic acids is 1. The van der Waals surface area contributed by atoms with E-state index in [1.165, 1.54) is 0 Å². The minimum Gasteiger partial charge on any atom is -0.376 e. The molecule has 2 atom stereocenters. The number of H-pyrrole nitrogens is 1. The standard InChI is InChI=1S/C15H24N4O3/c20-15(16-9-12-5-6-17-18-12)19(10-13-3-1-7-21-13)11-14-4-2-8-22-14/h5-6,13-14H,1-4,7-11H2,(H,16,20)(H,17,18)/t13-,14+. The van der Waals surface area contributed by atoms with Gasteiger partial charge in [-0.2, -0.15) is 5.10 Å². The first-order valence-corrected chi connectivity index (χ1v) is 8.05. The Morgan fingerprint density at radius 2 is 1.95 bits per heavy atom. The maximum Gasteiger partial charge on any atom is 0.317 e. The van der Waals surface area contributed by atoms with Crippen LogP contribution in [-0.4, -0.2) is 59.6 Å². The van der Waals surface area contributed by atoms with Crippen molar-refractivity contribution >= 4 is 6.03 Å². The summed E-state index contributed by atoms with van der Waals surface area (Å²) in [5, 5.41) is 9.66. The molecule has 122 valence electrons. The molecule has 0 bridgehead atoms. The van der Waals surface area contributed by atoms with E-state index >= 15 is 0 Å². The van der Waals surface area contributed by atoms with E-state index in [9.17, 15) is 4.79 Å². The summed E-state index contributed by atoms with van der Waals surface area (Å²) in [6.07, 6.45) is 6.19. The van der Waals surface area contributed by atoms with E-state index in [-0.39, 0.29) is 18.2 Å². The van der Waals surface area contributed by atoms with Crippen LogP contribution < -0.4 is 5.32 Å². The van der Waals surface area contributed by atoms with E-state index in [1.807, 2.05) is 11.0 Å². The second-order valence-corrected chi connectivity index (χ2v) is 5.92. The van der Waals surface area contributed by atoms with Crippen molar-refractivity contribution in [1.82, 2.24) is 20.4 Å². The van der Waals surface area contributed by atoms with Crippen LogP contribution in [0.15, 0.2) is 12.3 Å². The van der Waals surface area contributed by atoms with Crippen molar-refractivity contribution in [3.63, 3.8) is 0 Å². The number of carbonyl (C=O) groups is 1. The second-order valence-electron chi connectivity index (χ2n) is 5.92. The van der Waals surface area contributed by atoms with E-state index in [2.05, 4.69) is 15.5 Å². The second kappa shape index (κ2) is 7.60. The maximum atomic E-state index is 12.5. The molecule has 0 saturated carbocycles. The Morgan fingerprint density at radius 1 is 1.27 bits per heavy atom. The average molecular weight is 308 g/mol. The average Bonchev–Trinajstić information content (AvgIpc) is 3.27. The summed E-state index contributed by atoms with van der Waals surface area (Å²) >= 11 is 0. The van der Waals surface area contributed by atoms with Gasteiger partial charge in [-0.25, -0.2) is 4.79 Å². The predicted molar refractivity (Wildman–Crippen MR) is 80.3 cm³/mol. The molecule has 0 aliphatic carbocycles. The predicted octanol–water partition coefficient (Wildman–Crippen LogP) is 1.28. The summed E-state index contributed by atoms with van der Waals surface area (Å²) in [6, 6.07) is 1.78. The lowest BCUT2D eigenvalue weighted by atomic mass is 10.2. The van der Waals surface area contributed by atoms with Crippen LogP contribution in [0.3, 0.4) is 0 Å². The van der Waals surface area contributed by atoms with E-state index in [0.717, 1.165) is 44.6 Å². The molecule has 3 rings (SSSR count). The summed E-state index contributed by atoms with van der Waals surface area (Å²) in [7, 11) is 0. The molecule has 2 saturated heterocycles. The van der Waals surface area contributed by atoms with Gasteiger partial charge >= 0.3 is 6.03 Å². The van der Waals surface area contributed by atoms with Crippen LogP contribution in [0.25, 0.3) is 0 Å². The summed E-state index contributed by atoms with van der Waals surface area (Å²) in [5.74, 6) is 0. The number of aromatic nitrogens is 2. The van der Waals surface area contributed by atoms with Crippen molar-refractivity contribution in [3.05, 3.63) is 18.0 Å². The Kier molecular flexibility index (Phi) is 5.29. The first-order valence-electron chi connectivity index (χ1n) is 8.05. The Hall–Kier alpha value is -1.60. The molecule has 7 nitrogen and oxygen atoms in total. The molecule has 1 aromatic heterocycles. The topological polar surface area (TPSA) is 79.5 Å². The number of rotatable bonds is 6. The summed E-state index contributed by atoms with van der Waals surface area (Å²) in [6.45, 7) is 3.32. The minimum atomic E-state index is -0.0689. The highest BCUT2D eigenvalue weighted by Gasteiger charge is 2.26. The third-order valence-electron chi connectivity index (χ3n) is 4.17. The summed E-state index contributed by atoms with van der Waals surface area (Å²) in [5.41, 5.74) is 0.891. The molecule has 7 heteroatoms. The lowest BCUT2D eigenvalue weighted by molar-refractivity contribution is 0.0498. The number of nitrogens with zero attached hydrogens (tertiary/aromatic N) is 2. The fourth-order valence-electron chi connectivity index (χ4n) is 2.97. The molecule has 2 N–H and O–H groups in total. The van der Waals surface area contributed by atoms with Gasteiger partial charge in [0.15, 0.2) is 0 Å². The van der Waals surface area contributed by atoms with Crippen LogP contribution in [0, 0.1) is 0 Å². The van der Waals surface area contributed by atoms with Gasteiger partial charge in [-0.05, 0) is 31.7 Å². The molecule has 2 fully saturated rings. The highest BCUT2D eigenvalue weighted by atomic mass is 16.5. The van der Waals surface area contributed by atoms with Crippen molar-refractivity contribution < 1.29 is 14.3 Å². The molecule has 3 heterocycles. The highest BCUT2D eigenvalue weighted by Crippen LogP contribution is 2.17. The lowest BCUT2D eigenvalue weighted by Crippen LogP contribution is -2.46. The molecule has 22 heavy (non-hydrogen) atoms. The molecule has 0 spiro atoms. The normalized spacial score (nSPS) is 24.5. The largest absolute Gasteiger partial charge is 0.376 e. The van der Waals surface area contributed by atoms with Gasteiger partial charge in [0.2, 0.25) is 0 Å². The first kappa shape index (κ1) is 15.3. The Balaban J connectivity index is 1.54. The summed E-state index contributed by atoms with van der Waals surface area (Å²) < 4.78 is 11.3. The van der Waals surface area contributed by atoms with Crippen molar-refractivity contribution in [1.29, 1.82) is 0 Å². The number of hydrogen-bond acceptors (Lipinski definition) is 4. The van der Waals surface area contributed by atoms with Gasteiger partial charge < -0.3 is 19.7 Å². The molecular weight excluding hydrogens is 284 g/mol. The van der Waals surface area contributed by atoms with Crippen LogP contribution in [-0.2, 0) is 16.0 Å². The molecule has 2 aliphatic heterocycles. The fraction of sp³-hybridized carbons (Fsp3) is 0.733. The smallest absolute Gasteiger partial charge is 0.317 e. The van der Waals surface area contributed by atoms with E-state index < -0.39 is 0 Å². The van der Waals surface area contributed by atoms with Crippen molar-refractivity contribution in [2.45, 2.75) is 44.4 Å². The highest BCUT2D eigenvalue weighted by molar-refractivity contribution is 5.74. The first-order chi connectivity index (χ1) is 10.8. The third kappa shape index (κ3) is 4.20. The SMILES string of the molecule is O=C(NCc1ccn[nH]1)N(C[C@H]1CCCO1)C[C@@H]1CCCO1. The number of ether oxygens (including phenoxy) is 2.